The Balaban J connectivity index is 1.12. The predicted molar refractivity (Wildman–Crippen MR) is 152 cm³/mol. The monoisotopic (exact) mass is 601 g/mol. The zero-order chi connectivity index (χ0) is 30.3. The molecule has 0 unspecified atom stereocenters. The Labute approximate surface area is 249 Å². The highest BCUT2D eigenvalue weighted by Crippen LogP contribution is 2.45. The van der Waals surface area contributed by atoms with Crippen LogP contribution in [0.15, 0.2) is 24.5 Å². The zero-order valence-corrected chi connectivity index (χ0v) is 24.5. The summed E-state index contributed by atoms with van der Waals surface area (Å²) >= 11 is 0. The molecular weight excluding hydrogens is 563 g/mol. The summed E-state index contributed by atoms with van der Waals surface area (Å²) in [4.78, 5) is 36.0. The standard InChI is InChI=1S/C30H38F3N7O3/c1-18(2)40(14-24(32)33)28(41)22-12-20(31)6-7-23(22)43-27-26(35-17-36-37-27)39-15-30(16-39)8-10-38(11-9-30)29(42)25-21-5-3-4-19(21)13-34-25/h6-7,12,17-19,21,24-25,34H,3-5,8-11,13-16H2,1-2H3/t19-,21-,25-/m0/s1. The van der Waals surface area contributed by atoms with Crippen LogP contribution in [0, 0.1) is 23.1 Å². The third-order valence-electron chi connectivity index (χ3n) is 9.67. The number of fused-ring (bicyclic) bond motifs is 1. The van der Waals surface area contributed by atoms with Crippen molar-refractivity contribution >= 4 is 17.6 Å². The van der Waals surface area contributed by atoms with Gasteiger partial charge in [0, 0.05) is 37.6 Å². The van der Waals surface area contributed by atoms with E-state index in [4.69, 9.17) is 4.74 Å². The first kappa shape index (κ1) is 29.6. The van der Waals surface area contributed by atoms with Crippen molar-refractivity contribution in [2.75, 3.05) is 44.2 Å². The minimum Gasteiger partial charge on any atom is -0.434 e. The highest BCUT2D eigenvalue weighted by molar-refractivity contribution is 5.97. The van der Waals surface area contributed by atoms with Gasteiger partial charge in [0.15, 0.2) is 5.82 Å². The molecule has 3 atom stereocenters. The number of halogens is 3. The molecule has 3 saturated heterocycles. The summed E-state index contributed by atoms with van der Waals surface area (Å²) in [5, 5.41) is 11.4. The Morgan fingerprint density at radius 3 is 2.67 bits per heavy atom. The number of hydrogen-bond donors (Lipinski definition) is 1. The van der Waals surface area contributed by atoms with Gasteiger partial charge in [-0.1, -0.05) is 6.42 Å². The van der Waals surface area contributed by atoms with Crippen LogP contribution >= 0.6 is 0 Å². The largest absolute Gasteiger partial charge is 0.434 e. The Bertz CT molecular complexity index is 1350. The number of carbonyl (C=O) groups excluding carboxylic acids is 2. The first-order chi connectivity index (χ1) is 20.6. The van der Waals surface area contributed by atoms with Gasteiger partial charge < -0.3 is 24.8 Å². The van der Waals surface area contributed by atoms with E-state index >= 15 is 0 Å². The number of ether oxygens (including phenoxy) is 1. The average molecular weight is 602 g/mol. The lowest BCUT2D eigenvalue weighted by atomic mass is 9.72. The number of alkyl halides is 2. The van der Waals surface area contributed by atoms with Crippen LogP contribution in [0.1, 0.15) is 56.3 Å². The van der Waals surface area contributed by atoms with Gasteiger partial charge >= 0.3 is 0 Å². The summed E-state index contributed by atoms with van der Waals surface area (Å²) in [5.74, 6) is 0.317. The molecule has 10 nitrogen and oxygen atoms in total. The van der Waals surface area contributed by atoms with Crippen molar-refractivity contribution in [1.82, 2.24) is 30.3 Å². The second-order valence-corrected chi connectivity index (χ2v) is 12.7. The van der Waals surface area contributed by atoms with Gasteiger partial charge in [-0.3, -0.25) is 9.59 Å². The predicted octanol–water partition coefficient (Wildman–Crippen LogP) is 3.74. The molecule has 1 N–H and O–H groups in total. The minimum absolute atomic E-state index is 0.0260. The topological polar surface area (TPSA) is 104 Å². The van der Waals surface area contributed by atoms with E-state index < -0.39 is 30.7 Å². The summed E-state index contributed by atoms with van der Waals surface area (Å²) in [7, 11) is 0. The molecule has 1 spiro atoms. The number of nitrogens with one attached hydrogen (secondary N) is 1. The SMILES string of the molecule is CC(C)N(CC(F)F)C(=O)c1cc(F)ccc1Oc1nncnc1N1CC2(CCN(C(=O)[C@H]3NC[C@@H]4CCC[C@@H]43)CC2)C1. The van der Waals surface area contributed by atoms with Gasteiger partial charge in [0.25, 0.3) is 18.2 Å². The molecule has 4 fully saturated rings. The van der Waals surface area contributed by atoms with Gasteiger partial charge in [0.1, 0.15) is 17.9 Å². The van der Waals surface area contributed by atoms with Crippen molar-refractivity contribution in [2.45, 2.75) is 64.5 Å². The van der Waals surface area contributed by atoms with Crippen molar-refractivity contribution in [3.05, 3.63) is 35.9 Å². The Hall–Kier alpha value is -3.48. The number of amides is 2. The van der Waals surface area contributed by atoms with Crippen LogP contribution in [0.2, 0.25) is 0 Å². The summed E-state index contributed by atoms with van der Waals surface area (Å²) < 4.78 is 46.6. The molecule has 232 valence electrons. The second-order valence-electron chi connectivity index (χ2n) is 12.7. The molecule has 2 aromatic rings. The summed E-state index contributed by atoms with van der Waals surface area (Å²) in [6, 6.07) is 2.80. The van der Waals surface area contributed by atoms with Crippen molar-refractivity contribution in [3.63, 3.8) is 0 Å². The maximum atomic E-state index is 14.2. The first-order valence-electron chi connectivity index (χ1n) is 15.2. The average Bonchev–Trinajstić information content (AvgIpc) is 3.60. The molecule has 0 radical (unpaired) electrons. The lowest BCUT2D eigenvalue weighted by Gasteiger charge is -2.54. The fourth-order valence-electron chi connectivity index (χ4n) is 7.32. The normalized spacial score (nSPS) is 24.4. The van der Waals surface area contributed by atoms with Crippen LogP contribution in [0.5, 0.6) is 11.6 Å². The number of likely N-dealkylation sites (tertiary alicyclic amines) is 1. The van der Waals surface area contributed by atoms with Crippen LogP contribution in [0.25, 0.3) is 0 Å². The molecule has 1 aromatic heterocycles. The zero-order valence-electron chi connectivity index (χ0n) is 24.5. The number of rotatable bonds is 8. The molecule has 0 bridgehead atoms. The molecule has 4 aliphatic rings. The van der Waals surface area contributed by atoms with Gasteiger partial charge in [-0.2, -0.15) is 0 Å². The number of anilines is 1. The molecule has 4 heterocycles. The molecule has 1 aliphatic carbocycles. The van der Waals surface area contributed by atoms with Crippen molar-refractivity contribution in [2.24, 2.45) is 17.3 Å². The Morgan fingerprint density at radius 1 is 1.19 bits per heavy atom. The van der Waals surface area contributed by atoms with Gasteiger partial charge in [0.05, 0.1) is 18.2 Å². The minimum atomic E-state index is -2.75. The molecule has 1 aromatic carbocycles. The maximum Gasteiger partial charge on any atom is 0.282 e. The van der Waals surface area contributed by atoms with Crippen molar-refractivity contribution < 1.29 is 27.5 Å². The lowest BCUT2D eigenvalue weighted by Crippen LogP contribution is -2.62. The fraction of sp³-hybridized carbons (Fsp3) is 0.633. The van der Waals surface area contributed by atoms with Gasteiger partial charge in [0.2, 0.25) is 5.91 Å². The number of hydrogen-bond acceptors (Lipinski definition) is 8. The Kier molecular flexibility index (Phi) is 8.18. The molecule has 6 rings (SSSR count). The molecule has 2 amide bonds. The maximum absolute atomic E-state index is 14.2. The van der Waals surface area contributed by atoms with Gasteiger partial charge in [-0.25, -0.2) is 18.2 Å². The quantitative estimate of drug-likeness (QED) is 0.488. The van der Waals surface area contributed by atoms with E-state index in [2.05, 4.69) is 20.5 Å². The summed E-state index contributed by atoms with van der Waals surface area (Å²) in [5.41, 5.74) is -0.147. The smallest absolute Gasteiger partial charge is 0.282 e. The first-order valence-corrected chi connectivity index (χ1v) is 15.2. The van der Waals surface area contributed by atoms with E-state index in [1.54, 1.807) is 13.8 Å². The highest BCUT2D eigenvalue weighted by Gasteiger charge is 2.49. The number of benzene rings is 1. The third-order valence-corrected chi connectivity index (χ3v) is 9.67. The highest BCUT2D eigenvalue weighted by atomic mass is 19.3. The van der Waals surface area contributed by atoms with Crippen molar-refractivity contribution in [1.29, 1.82) is 0 Å². The van der Waals surface area contributed by atoms with Gasteiger partial charge in [-0.15, -0.1) is 10.2 Å². The van der Waals surface area contributed by atoms with Crippen LogP contribution in [0.4, 0.5) is 19.0 Å². The van der Waals surface area contributed by atoms with E-state index in [-0.39, 0.29) is 34.6 Å². The Morgan fingerprint density at radius 2 is 1.95 bits per heavy atom. The molecule has 13 heteroatoms. The number of piperidine rings is 1. The third kappa shape index (κ3) is 5.87. The van der Waals surface area contributed by atoms with Crippen LogP contribution in [0.3, 0.4) is 0 Å². The number of aromatic nitrogens is 3. The molecular formula is C30H38F3N7O3. The van der Waals surface area contributed by atoms with E-state index in [9.17, 15) is 22.8 Å². The van der Waals surface area contributed by atoms with Crippen molar-refractivity contribution in [3.8, 4) is 11.6 Å². The van der Waals surface area contributed by atoms with E-state index in [1.807, 2.05) is 9.80 Å². The van der Waals surface area contributed by atoms with Crippen LogP contribution in [-0.2, 0) is 4.79 Å². The summed E-state index contributed by atoms with van der Waals surface area (Å²) in [6.07, 6.45) is 3.90. The fourth-order valence-corrected chi connectivity index (χ4v) is 7.32. The number of carbonyl (C=O) groups is 2. The van der Waals surface area contributed by atoms with Gasteiger partial charge in [-0.05, 0) is 76.1 Å². The summed E-state index contributed by atoms with van der Waals surface area (Å²) in [6.45, 7) is 6.22. The molecule has 1 saturated carbocycles. The lowest BCUT2D eigenvalue weighted by molar-refractivity contribution is -0.136. The second kappa shape index (κ2) is 11.9. The molecule has 3 aliphatic heterocycles. The van der Waals surface area contributed by atoms with E-state index in [0.29, 0.717) is 30.7 Å². The number of nitrogens with zero attached hydrogens (tertiary/aromatic N) is 6. The van der Waals surface area contributed by atoms with Crippen LogP contribution < -0.4 is 15.0 Å². The van der Waals surface area contributed by atoms with E-state index in [0.717, 1.165) is 55.9 Å². The van der Waals surface area contributed by atoms with E-state index in [1.165, 1.54) is 25.2 Å². The van der Waals surface area contributed by atoms with Crippen LogP contribution in [-0.4, -0.2) is 94.6 Å². The molecule has 43 heavy (non-hydrogen) atoms.